The Morgan fingerprint density at radius 3 is 2.50 bits per heavy atom. The van der Waals surface area contributed by atoms with Crippen LogP contribution in [0.3, 0.4) is 0 Å². The van der Waals surface area contributed by atoms with Crippen LogP contribution in [0.4, 0.5) is 4.79 Å². The van der Waals surface area contributed by atoms with Crippen LogP contribution in [0, 0.1) is 5.92 Å². The van der Waals surface area contributed by atoms with Crippen molar-refractivity contribution in [2.75, 3.05) is 6.54 Å². The summed E-state index contributed by atoms with van der Waals surface area (Å²) < 4.78 is 10.6. The van der Waals surface area contributed by atoms with Crippen LogP contribution in [0.2, 0.25) is 0 Å². The molecule has 1 saturated carbocycles. The molecule has 0 aromatic rings. The van der Waals surface area contributed by atoms with Crippen molar-refractivity contribution in [3.63, 3.8) is 0 Å². The first kappa shape index (κ1) is 13.1. The Balaban J connectivity index is 1.79. The molecule has 2 bridgehead atoms. The summed E-state index contributed by atoms with van der Waals surface area (Å²) in [6.45, 7) is 5.67. The van der Waals surface area contributed by atoms with E-state index in [1.165, 1.54) is 0 Å². The summed E-state index contributed by atoms with van der Waals surface area (Å²) in [6.07, 6.45) is 0.174. The number of hydrogen-bond acceptors (Lipinski definition) is 4. The minimum absolute atomic E-state index is 0.0861. The van der Waals surface area contributed by atoms with Crippen molar-refractivity contribution in [1.82, 2.24) is 5.32 Å². The number of aliphatic carboxylic acids is 1. The van der Waals surface area contributed by atoms with E-state index in [-0.39, 0.29) is 5.92 Å². The highest BCUT2D eigenvalue weighted by Gasteiger charge is 2.60. The molecule has 3 fully saturated rings. The molecular formula is C12H19NO5. The van der Waals surface area contributed by atoms with E-state index in [9.17, 15) is 9.59 Å². The van der Waals surface area contributed by atoms with Gasteiger partial charge in [0, 0.05) is 12.5 Å². The fraction of sp³-hybridized carbons (Fsp3) is 0.833. The molecule has 1 aliphatic carbocycles. The molecular weight excluding hydrogens is 238 g/mol. The number of hydrogen-bond donors (Lipinski definition) is 2. The Bertz CT molecular complexity index is 367. The smallest absolute Gasteiger partial charge is 0.407 e. The minimum atomic E-state index is -0.920. The van der Waals surface area contributed by atoms with E-state index in [2.05, 4.69) is 5.32 Å². The van der Waals surface area contributed by atoms with Crippen molar-refractivity contribution < 1.29 is 24.2 Å². The number of amides is 1. The summed E-state index contributed by atoms with van der Waals surface area (Å²) >= 11 is 0. The number of carbonyl (C=O) groups is 2. The van der Waals surface area contributed by atoms with Gasteiger partial charge in [0.1, 0.15) is 5.60 Å². The van der Waals surface area contributed by atoms with E-state index < -0.39 is 29.4 Å². The zero-order valence-corrected chi connectivity index (χ0v) is 10.9. The first-order valence-electron chi connectivity index (χ1n) is 6.08. The number of rotatable bonds is 3. The summed E-state index contributed by atoms with van der Waals surface area (Å²) in [5.41, 5.74) is -1.03. The van der Waals surface area contributed by atoms with Gasteiger partial charge in [0.15, 0.2) is 6.10 Å². The normalized spacial score (nSPS) is 33.7. The highest BCUT2D eigenvalue weighted by Crippen LogP contribution is 2.52. The molecule has 3 rings (SSSR count). The van der Waals surface area contributed by atoms with Crippen molar-refractivity contribution in [3.05, 3.63) is 0 Å². The molecule has 6 heteroatoms. The molecule has 0 spiro atoms. The van der Waals surface area contributed by atoms with E-state index in [0.717, 1.165) is 0 Å². The van der Waals surface area contributed by atoms with Crippen LogP contribution in [-0.4, -0.2) is 41.0 Å². The van der Waals surface area contributed by atoms with Gasteiger partial charge >= 0.3 is 12.1 Å². The Hall–Kier alpha value is -1.30. The maximum Gasteiger partial charge on any atom is 0.407 e. The first-order valence-corrected chi connectivity index (χ1v) is 6.08. The third-order valence-electron chi connectivity index (χ3n) is 3.27. The maximum atomic E-state index is 11.5. The first-order chi connectivity index (χ1) is 8.21. The van der Waals surface area contributed by atoms with Gasteiger partial charge in [0.25, 0.3) is 0 Å². The molecule has 0 aromatic heterocycles. The van der Waals surface area contributed by atoms with E-state index in [0.29, 0.717) is 19.4 Å². The van der Waals surface area contributed by atoms with Crippen LogP contribution < -0.4 is 5.32 Å². The Morgan fingerprint density at radius 1 is 1.44 bits per heavy atom. The molecule has 2 aliphatic heterocycles. The second-order valence-electron chi connectivity index (χ2n) is 6.08. The summed E-state index contributed by atoms with van der Waals surface area (Å²) in [5, 5.41) is 11.6. The van der Waals surface area contributed by atoms with Crippen molar-refractivity contribution >= 4 is 12.1 Å². The van der Waals surface area contributed by atoms with Crippen LogP contribution in [0.5, 0.6) is 0 Å². The molecule has 3 aliphatic rings. The van der Waals surface area contributed by atoms with Crippen molar-refractivity contribution in [1.29, 1.82) is 0 Å². The van der Waals surface area contributed by atoms with Gasteiger partial charge in [-0.25, -0.2) is 9.59 Å². The topological polar surface area (TPSA) is 84.9 Å². The van der Waals surface area contributed by atoms with Crippen LogP contribution in [0.1, 0.15) is 33.6 Å². The van der Waals surface area contributed by atoms with Gasteiger partial charge in [0.05, 0.1) is 5.60 Å². The van der Waals surface area contributed by atoms with Crippen LogP contribution >= 0.6 is 0 Å². The molecule has 1 unspecified atom stereocenters. The average molecular weight is 257 g/mol. The Labute approximate surface area is 106 Å². The maximum absolute atomic E-state index is 11.5. The minimum Gasteiger partial charge on any atom is -0.479 e. The van der Waals surface area contributed by atoms with Gasteiger partial charge in [-0.2, -0.15) is 0 Å². The lowest BCUT2D eigenvalue weighted by molar-refractivity contribution is -0.150. The van der Waals surface area contributed by atoms with Gasteiger partial charge in [-0.1, -0.05) is 0 Å². The summed E-state index contributed by atoms with van der Waals surface area (Å²) in [4.78, 5) is 22.4. The van der Waals surface area contributed by atoms with E-state index in [1.807, 2.05) is 0 Å². The van der Waals surface area contributed by atoms with E-state index in [4.69, 9.17) is 14.6 Å². The van der Waals surface area contributed by atoms with E-state index >= 15 is 0 Å². The monoisotopic (exact) mass is 257 g/mol. The highest BCUT2D eigenvalue weighted by molar-refractivity contribution is 5.74. The molecule has 2 heterocycles. The number of alkyl carbamates (subject to hydrolysis) is 1. The van der Waals surface area contributed by atoms with E-state index in [1.54, 1.807) is 20.8 Å². The van der Waals surface area contributed by atoms with Gasteiger partial charge in [-0.3, -0.25) is 0 Å². The highest BCUT2D eigenvalue weighted by atomic mass is 16.6. The number of carbonyl (C=O) groups excluding carboxylic acids is 1. The SMILES string of the molecule is CC(C)(C)OC(=O)NCC12CC(C1)C(C(=O)O)O2. The van der Waals surface area contributed by atoms with Gasteiger partial charge in [0.2, 0.25) is 0 Å². The molecule has 1 amide bonds. The van der Waals surface area contributed by atoms with Crippen molar-refractivity contribution in [3.8, 4) is 0 Å². The molecule has 2 N–H and O–H groups in total. The number of fused-ring (bicyclic) bond motifs is 1. The third kappa shape index (κ3) is 2.58. The number of carboxylic acids is 1. The molecule has 2 saturated heterocycles. The standard InChI is InChI=1S/C12H19NO5/c1-11(2,3)18-10(16)13-6-12-4-7(5-12)8(17-12)9(14)15/h7-8H,4-6H2,1-3H3,(H,13,16)(H,14,15). The second-order valence-corrected chi connectivity index (χ2v) is 6.08. The lowest BCUT2D eigenvalue weighted by atomic mass is 9.72. The molecule has 102 valence electrons. The molecule has 18 heavy (non-hydrogen) atoms. The van der Waals surface area contributed by atoms with Gasteiger partial charge < -0.3 is 19.9 Å². The average Bonchev–Trinajstić information content (AvgIpc) is 2.65. The van der Waals surface area contributed by atoms with Gasteiger partial charge in [-0.05, 0) is 33.6 Å². The largest absolute Gasteiger partial charge is 0.479 e. The fourth-order valence-electron chi connectivity index (χ4n) is 2.56. The van der Waals surface area contributed by atoms with Crippen LogP contribution in [0.25, 0.3) is 0 Å². The zero-order chi connectivity index (χ0) is 13.6. The Kier molecular flexibility index (Phi) is 3.01. The second kappa shape index (κ2) is 4.12. The van der Waals surface area contributed by atoms with Crippen LogP contribution in [0.15, 0.2) is 0 Å². The number of nitrogens with one attached hydrogen (secondary N) is 1. The fourth-order valence-corrected chi connectivity index (χ4v) is 2.56. The summed E-state index contributed by atoms with van der Waals surface area (Å²) in [7, 11) is 0. The van der Waals surface area contributed by atoms with Crippen molar-refractivity contribution in [2.24, 2.45) is 5.92 Å². The predicted octanol–water partition coefficient (Wildman–Crippen LogP) is 1.14. The molecule has 0 radical (unpaired) electrons. The summed E-state index contributed by atoms with van der Waals surface area (Å²) in [6, 6.07) is 0. The van der Waals surface area contributed by atoms with Crippen LogP contribution in [-0.2, 0) is 14.3 Å². The lowest BCUT2D eigenvalue weighted by Crippen LogP contribution is -2.48. The predicted molar refractivity (Wildman–Crippen MR) is 62.2 cm³/mol. The Morgan fingerprint density at radius 2 is 2.06 bits per heavy atom. The quantitative estimate of drug-likeness (QED) is 0.792. The third-order valence-corrected chi connectivity index (χ3v) is 3.27. The van der Waals surface area contributed by atoms with Gasteiger partial charge in [-0.15, -0.1) is 0 Å². The molecule has 6 nitrogen and oxygen atoms in total. The summed E-state index contributed by atoms with van der Waals surface area (Å²) in [5.74, 6) is -0.834. The molecule has 0 aromatic carbocycles. The lowest BCUT2D eigenvalue weighted by Gasteiger charge is -2.35. The zero-order valence-electron chi connectivity index (χ0n) is 10.9. The number of ether oxygens (including phenoxy) is 2. The van der Waals surface area contributed by atoms with Crippen molar-refractivity contribution in [2.45, 2.75) is 50.9 Å². The molecule has 1 atom stereocenters. The number of carboxylic acid groups (broad SMARTS) is 1.